The number of aliphatic hydroxyl groups excluding tert-OH is 2. The maximum atomic E-state index is 13.3. The van der Waals surface area contributed by atoms with Crippen molar-refractivity contribution >= 4 is 23.0 Å². The zero-order chi connectivity index (χ0) is 28.2. The van der Waals surface area contributed by atoms with Gasteiger partial charge in [-0.15, -0.1) is 0 Å². The number of phenols is 1. The highest BCUT2D eigenvalue weighted by Crippen LogP contribution is 2.44. The molecule has 1 saturated heterocycles. The Balaban J connectivity index is 1.43. The van der Waals surface area contributed by atoms with Gasteiger partial charge < -0.3 is 25.1 Å². The van der Waals surface area contributed by atoms with Crippen molar-refractivity contribution in [1.82, 2.24) is 4.90 Å². The molecule has 206 valence electrons. The van der Waals surface area contributed by atoms with Gasteiger partial charge in [-0.25, -0.2) is 4.39 Å². The Morgan fingerprint density at radius 1 is 0.900 bits per heavy atom. The molecule has 0 amide bonds. The van der Waals surface area contributed by atoms with Crippen LogP contribution in [0.15, 0.2) is 97.1 Å². The van der Waals surface area contributed by atoms with Crippen LogP contribution in [0.4, 0.5) is 10.1 Å². The van der Waals surface area contributed by atoms with Crippen molar-refractivity contribution in [2.45, 2.75) is 44.1 Å². The lowest BCUT2D eigenvalue weighted by Gasteiger charge is -2.29. The number of nitrogens with zero attached hydrogens (tertiary/aromatic N) is 2. The van der Waals surface area contributed by atoms with Crippen LogP contribution in [0.5, 0.6) is 5.75 Å². The van der Waals surface area contributed by atoms with Crippen molar-refractivity contribution in [2.24, 2.45) is 0 Å². The fourth-order valence-electron chi connectivity index (χ4n) is 5.54. The molecular formula is C33H33FN2O3S. The largest absolute Gasteiger partial charge is 0.508 e. The van der Waals surface area contributed by atoms with Crippen LogP contribution in [0.25, 0.3) is 11.1 Å². The number of thiocarbonyl (C=S) groups is 1. The second kappa shape index (κ2) is 12.2. The maximum absolute atomic E-state index is 13.3. The summed E-state index contributed by atoms with van der Waals surface area (Å²) in [5, 5.41) is 32.0. The number of benzene rings is 4. The van der Waals surface area contributed by atoms with Crippen molar-refractivity contribution in [3.8, 4) is 16.9 Å². The summed E-state index contributed by atoms with van der Waals surface area (Å²) < 4.78 is 13.3. The number of likely N-dealkylation sites (N-methyl/N-ethyl adjacent to an activating group) is 1. The molecule has 0 spiro atoms. The molecule has 0 aromatic heterocycles. The fraction of sp³-hybridized carbons (Fsp3) is 0.242. The number of aromatic hydroxyl groups is 1. The molecule has 0 bridgehead atoms. The van der Waals surface area contributed by atoms with Crippen molar-refractivity contribution in [2.75, 3.05) is 11.9 Å². The highest BCUT2D eigenvalue weighted by molar-refractivity contribution is 7.80. The molecule has 7 heteroatoms. The molecule has 1 aliphatic heterocycles. The van der Waals surface area contributed by atoms with Gasteiger partial charge in [-0.3, -0.25) is 0 Å². The molecule has 0 aliphatic carbocycles. The summed E-state index contributed by atoms with van der Waals surface area (Å²) in [5.41, 5.74) is 5.18. The van der Waals surface area contributed by atoms with Gasteiger partial charge >= 0.3 is 0 Å². The number of anilines is 1. The minimum Gasteiger partial charge on any atom is -0.508 e. The molecule has 0 radical (unpaired) electrons. The Labute approximate surface area is 239 Å². The van der Waals surface area contributed by atoms with Gasteiger partial charge in [-0.2, -0.15) is 0 Å². The molecule has 4 aromatic carbocycles. The van der Waals surface area contributed by atoms with Crippen molar-refractivity contribution in [3.63, 3.8) is 0 Å². The fourth-order valence-corrected chi connectivity index (χ4v) is 5.89. The van der Waals surface area contributed by atoms with E-state index in [-0.39, 0.29) is 30.3 Å². The van der Waals surface area contributed by atoms with Crippen LogP contribution in [0, 0.1) is 5.82 Å². The normalized spacial score (nSPS) is 17.9. The Kier molecular flexibility index (Phi) is 8.45. The Bertz CT molecular complexity index is 1450. The predicted molar refractivity (Wildman–Crippen MR) is 160 cm³/mol. The van der Waals surface area contributed by atoms with Crippen molar-refractivity contribution in [3.05, 3.63) is 120 Å². The quantitative estimate of drug-likeness (QED) is 0.198. The van der Waals surface area contributed by atoms with Crippen LogP contribution in [-0.2, 0) is 6.61 Å². The van der Waals surface area contributed by atoms with Gasteiger partial charge in [0.05, 0.1) is 24.8 Å². The predicted octanol–water partition coefficient (Wildman–Crippen LogP) is 6.74. The summed E-state index contributed by atoms with van der Waals surface area (Å²) in [6.07, 6.45) is 1.22. The molecule has 3 N–H and O–H groups in total. The second-order valence-electron chi connectivity index (χ2n) is 10.2. The van der Waals surface area contributed by atoms with E-state index in [4.69, 9.17) is 12.2 Å². The maximum Gasteiger partial charge on any atom is 0.176 e. The summed E-state index contributed by atoms with van der Waals surface area (Å²) in [6, 6.07) is 29.3. The van der Waals surface area contributed by atoms with E-state index in [0.717, 1.165) is 22.4 Å². The van der Waals surface area contributed by atoms with Gasteiger partial charge in [0.25, 0.3) is 0 Å². The number of halogens is 1. The first kappa shape index (κ1) is 27.8. The first-order valence-electron chi connectivity index (χ1n) is 13.4. The van der Waals surface area contributed by atoms with Crippen molar-refractivity contribution < 1.29 is 19.7 Å². The van der Waals surface area contributed by atoms with E-state index in [1.54, 1.807) is 18.2 Å². The zero-order valence-electron chi connectivity index (χ0n) is 22.3. The summed E-state index contributed by atoms with van der Waals surface area (Å²) >= 11 is 5.95. The van der Waals surface area contributed by atoms with Crippen LogP contribution in [0.2, 0.25) is 0 Å². The molecule has 3 atom stereocenters. The van der Waals surface area contributed by atoms with Gasteiger partial charge in [0.1, 0.15) is 11.6 Å². The number of aliphatic hydroxyl groups is 2. The molecule has 5 rings (SSSR count). The average Bonchev–Trinajstić information content (AvgIpc) is 3.22. The zero-order valence-corrected chi connectivity index (χ0v) is 23.1. The van der Waals surface area contributed by atoms with E-state index in [9.17, 15) is 19.7 Å². The number of phenolic OH excluding ortho intramolecular Hbond substituents is 1. The van der Waals surface area contributed by atoms with E-state index >= 15 is 0 Å². The first-order chi connectivity index (χ1) is 19.4. The number of hydrogen-bond acceptors (Lipinski definition) is 4. The lowest BCUT2D eigenvalue weighted by molar-refractivity contribution is 0.159. The second-order valence-corrected chi connectivity index (χ2v) is 10.6. The van der Waals surface area contributed by atoms with Gasteiger partial charge in [-0.05, 0) is 84.1 Å². The van der Waals surface area contributed by atoms with Gasteiger partial charge in [0.2, 0.25) is 0 Å². The van der Waals surface area contributed by atoms with Gasteiger partial charge in [-0.1, -0.05) is 66.7 Å². The van der Waals surface area contributed by atoms with Crippen LogP contribution < -0.4 is 4.90 Å². The van der Waals surface area contributed by atoms with E-state index in [1.807, 2.05) is 37.4 Å². The summed E-state index contributed by atoms with van der Waals surface area (Å²) in [6.45, 7) is -0.161. The topological polar surface area (TPSA) is 67.2 Å². The molecule has 40 heavy (non-hydrogen) atoms. The molecule has 0 saturated carbocycles. The number of rotatable bonds is 9. The number of hydrogen-bond donors (Lipinski definition) is 3. The molecule has 4 aromatic rings. The molecular weight excluding hydrogens is 523 g/mol. The summed E-state index contributed by atoms with van der Waals surface area (Å²) in [4.78, 5) is 4.15. The smallest absolute Gasteiger partial charge is 0.176 e. The highest BCUT2D eigenvalue weighted by Gasteiger charge is 2.43. The minimum absolute atomic E-state index is 0.0763. The van der Waals surface area contributed by atoms with Crippen LogP contribution >= 0.6 is 12.2 Å². The van der Waals surface area contributed by atoms with Crippen LogP contribution in [-0.4, -0.2) is 38.4 Å². The minimum atomic E-state index is -0.698. The van der Waals surface area contributed by atoms with E-state index in [0.29, 0.717) is 35.5 Å². The van der Waals surface area contributed by atoms with Crippen LogP contribution in [0.3, 0.4) is 0 Å². The highest BCUT2D eigenvalue weighted by atomic mass is 32.1. The van der Waals surface area contributed by atoms with E-state index in [2.05, 4.69) is 46.2 Å². The Hall–Kier alpha value is -3.78. The molecule has 1 fully saturated rings. The third kappa shape index (κ3) is 5.72. The molecule has 1 heterocycles. The lowest BCUT2D eigenvalue weighted by Crippen LogP contribution is -2.30. The molecule has 0 unspecified atom stereocenters. The Morgan fingerprint density at radius 3 is 2.23 bits per heavy atom. The Morgan fingerprint density at radius 2 is 1.57 bits per heavy atom. The molecule has 1 aliphatic rings. The van der Waals surface area contributed by atoms with E-state index in [1.165, 1.54) is 12.1 Å². The standard InChI is InChI=1S/C33H33FN2O3S/c1-35-29(8-5-9-30(38)25-11-15-26(34)16-12-25)32(28-19-10-22(21-37)20-31(28)39)36(33(35)40)27-17-13-24(14-18-27)23-6-3-2-4-7-23/h2-4,6-7,10-20,29-30,32,37-39H,5,8-9,21H2,1H3/t29-,30-,32-/m1/s1. The van der Waals surface area contributed by atoms with Crippen LogP contribution in [0.1, 0.15) is 48.1 Å². The SMILES string of the molecule is CN1C(=S)N(c2ccc(-c3ccccc3)cc2)[C@H](c2ccc(CO)cc2O)[C@H]1CCC[C@@H](O)c1ccc(F)cc1. The molecule has 5 nitrogen and oxygen atoms in total. The van der Waals surface area contributed by atoms with Crippen molar-refractivity contribution in [1.29, 1.82) is 0 Å². The van der Waals surface area contributed by atoms with Gasteiger partial charge in [0, 0.05) is 18.3 Å². The first-order valence-corrected chi connectivity index (χ1v) is 13.9. The average molecular weight is 557 g/mol. The third-order valence-corrected chi connectivity index (χ3v) is 8.21. The van der Waals surface area contributed by atoms with Gasteiger partial charge in [0.15, 0.2) is 5.11 Å². The monoisotopic (exact) mass is 556 g/mol. The third-order valence-electron chi connectivity index (χ3n) is 7.73. The summed E-state index contributed by atoms with van der Waals surface area (Å²) in [5.74, 6) is -0.222. The lowest BCUT2D eigenvalue weighted by atomic mass is 9.92. The van der Waals surface area contributed by atoms with E-state index < -0.39 is 6.10 Å². The summed E-state index contributed by atoms with van der Waals surface area (Å²) in [7, 11) is 1.97.